The molecule has 0 spiro atoms. The lowest BCUT2D eigenvalue weighted by molar-refractivity contribution is 0.0950. The summed E-state index contributed by atoms with van der Waals surface area (Å²) in [7, 11) is 0. The number of benzene rings is 1. The lowest BCUT2D eigenvalue weighted by Gasteiger charge is -2.24. The molecule has 0 atom stereocenters. The van der Waals surface area contributed by atoms with Crippen molar-refractivity contribution in [3.05, 3.63) is 66.1 Å². The number of nitrogens with one attached hydrogen (secondary N) is 2. The van der Waals surface area contributed by atoms with Crippen LogP contribution in [-0.4, -0.2) is 54.1 Å². The first-order valence-electron chi connectivity index (χ1n) is 13.0. The Bertz CT molecular complexity index is 1450. The van der Waals surface area contributed by atoms with Crippen LogP contribution in [0.1, 0.15) is 41.6 Å². The third-order valence-electron chi connectivity index (χ3n) is 7.07. The minimum Gasteiger partial charge on any atom is -0.616 e. The van der Waals surface area contributed by atoms with Crippen LogP contribution in [0.4, 0.5) is 5.69 Å². The van der Waals surface area contributed by atoms with Gasteiger partial charge in [-0.3, -0.25) is 9.78 Å². The van der Waals surface area contributed by atoms with E-state index in [0.717, 1.165) is 66.2 Å². The van der Waals surface area contributed by atoms with Crippen molar-refractivity contribution in [2.45, 2.75) is 38.6 Å². The third-order valence-corrected chi connectivity index (χ3v) is 8.45. The summed E-state index contributed by atoms with van der Waals surface area (Å²) in [5, 5.41) is 11.4. The Kier molecular flexibility index (Phi) is 6.90. The van der Waals surface area contributed by atoms with Crippen molar-refractivity contribution < 1.29 is 14.1 Å². The van der Waals surface area contributed by atoms with E-state index in [0.29, 0.717) is 34.8 Å². The lowest BCUT2D eigenvalue weighted by atomic mass is 10.0. The van der Waals surface area contributed by atoms with Gasteiger partial charge in [-0.25, -0.2) is 9.50 Å². The Labute approximate surface area is 224 Å². The van der Waals surface area contributed by atoms with Gasteiger partial charge in [0.1, 0.15) is 17.3 Å². The van der Waals surface area contributed by atoms with Gasteiger partial charge >= 0.3 is 0 Å². The highest BCUT2D eigenvalue weighted by molar-refractivity contribution is 7.91. The molecule has 196 valence electrons. The molecule has 2 aliphatic rings. The number of rotatable bonds is 8. The molecule has 2 N–H and O–H groups in total. The van der Waals surface area contributed by atoms with Gasteiger partial charge in [-0.2, -0.15) is 0 Å². The van der Waals surface area contributed by atoms with Crippen LogP contribution in [0.15, 0.2) is 55.0 Å². The van der Waals surface area contributed by atoms with E-state index in [1.54, 1.807) is 23.1 Å². The molecule has 1 saturated heterocycles. The van der Waals surface area contributed by atoms with Crippen LogP contribution in [0, 0.1) is 12.8 Å². The second-order valence-electron chi connectivity index (χ2n) is 10.0. The van der Waals surface area contributed by atoms with Gasteiger partial charge in [-0.05, 0) is 68.4 Å². The van der Waals surface area contributed by atoms with E-state index in [-0.39, 0.29) is 5.91 Å². The average molecular weight is 531 g/mol. The number of hydrogen-bond acceptors (Lipinski definition) is 7. The van der Waals surface area contributed by atoms with Crippen molar-refractivity contribution in [1.82, 2.24) is 24.9 Å². The molecule has 2 fully saturated rings. The fourth-order valence-corrected chi connectivity index (χ4v) is 6.12. The number of imidazole rings is 1. The minimum absolute atomic E-state index is 0.0296. The SMILES string of the molecule is Cc1cc(-c2cnc3c(NC[C@H]4CC[S@@+]([O-])CC4)cc(Oc4cccnc4)nn23)ccc1C(=O)NC1CC1. The molecule has 0 unspecified atom stereocenters. The molecule has 3 aromatic heterocycles. The zero-order chi connectivity index (χ0) is 26.1. The molecule has 0 bridgehead atoms. The van der Waals surface area contributed by atoms with Crippen LogP contribution in [0.3, 0.4) is 0 Å². The Morgan fingerprint density at radius 2 is 2.00 bits per heavy atom. The van der Waals surface area contributed by atoms with E-state index in [2.05, 4.69) is 15.6 Å². The van der Waals surface area contributed by atoms with Gasteiger partial charge in [0, 0.05) is 36.0 Å². The van der Waals surface area contributed by atoms with Crippen molar-refractivity contribution in [3.63, 3.8) is 0 Å². The summed E-state index contributed by atoms with van der Waals surface area (Å²) in [6.45, 7) is 2.71. The fourth-order valence-electron chi connectivity index (χ4n) is 4.72. The quantitative estimate of drug-likeness (QED) is 0.325. The predicted octanol–water partition coefficient (Wildman–Crippen LogP) is 4.35. The number of fused-ring (bicyclic) bond motifs is 1. The van der Waals surface area contributed by atoms with Gasteiger partial charge in [0.2, 0.25) is 5.88 Å². The largest absolute Gasteiger partial charge is 0.616 e. The molecule has 1 aliphatic carbocycles. The van der Waals surface area contributed by atoms with Crippen molar-refractivity contribution in [2.75, 3.05) is 23.4 Å². The number of nitrogens with zero attached hydrogens (tertiary/aromatic N) is 4. The second kappa shape index (κ2) is 10.6. The number of aromatic nitrogens is 4. The molecule has 1 saturated carbocycles. The Hall–Kier alpha value is -3.63. The van der Waals surface area contributed by atoms with Crippen molar-refractivity contribution in [1.29, 1.82) is 0 Å². The third kappa shape index (κ3) is 5.46. The summed E-state index contributed by atoms with van der Waals surface area (Å²) in [5.74, 6) is 2.94. The van der Waals surface area contributed by atoms with Crippen LogP contribution in [0.25, 0.3) is 16.9 Å². The second-order valence-corrected chi connectivity index (χ2v) is 11.7. The smallest absolute Gasteiger partial charge is 0.251 e. The van der Waals surface area contributed by atoms with Gasteiger partial charge < -0.3 is 19.9 Å². The lowest BCUT2D eigenvalue weighted by Crippen LogP contribution is -2.27. The molecule has 1 aromatic carbocycles. The Morgan fingerprint density at radius 1 is 1.16 bits per heavy atom. The number of amides is 1. The van der Waals surface area contributed by atoms with E-state index in [1.165, 1.54) is 0 Å². The maximum Gasteiger partial charge on any atom is 0.251 e. The number of carbonyl (C=O) groups is 1. The van der Waals surface area contributed by atoms with Crippen LogP contribution >= 0.6 is 0 Å². The summed E-state index contributed by atoms with van der Waals surface area (Å²) >= 11 is -0.688. The van der Waals surface area contributed by atoms with Crippen LogP contribution in [0.2, 0.25) is 0 Å². The van der Waals surface area contributed by atoms with Gasteiger partial charge in [-0.1, -0.05) is 17.2 Å². The standard InChI is InChI=1S/C28H30N6O3S/c1-18-13-20(4-7-23(18)28(35)32-21-5-6-21)25-17-31-27-24(30-15-19-8-11-38(36)12-9-19)14-26(33-34(25)27)37-22-3-2-10-29-16-22/h2-4,7,10,13-14,16-17,19,21,30H,5-6,8-9,11-12,15H2,1H3,(H,32,35)/t19-,38+. The highest BCUT2D eigenvalue weighted by atomic mass is 32.2. The van der Waals surface area contributed by atoms with E-state index >= 15 is 0 Å². The van der Waals surface area contributed by atoms with Crippen LogP contribution in [0.5, 0.6) is 11.6 Å². The van der Waals surface area contributed by atoms with Crippen molar-refractivity contribution in [3.8, 4) is 22.9 Å². The van der Waals surface area contributed by atoms with Gasteiger partial charge in [0.15, 0.2) is 5.65 Å². The zero-order valence-corrected chi connectivity index (χ0v) is 22.0. The summed E-state index contributed by atoms with van der Waals surface area (Å²) in [6, 6.07) is 11.6. The summed E-state index contributed by atoms with van der Waals surface area (Å²) in [4.78, 5) is 21.5. The van der Waals surface area contributed by atoms with Crippen molar-refractivity contribution in [2.24, 2.45) is 5.92 Å². The van der Waals surface area contributed by atoms with Gasteiger partial charge in [0.05, 0.1) is 23.8 Å². The number of pyridine rings is 1. The topological polar surface area (TPSA) is 116 Å². The Morgan fingerprint density at radius 3 is 2.74 bits per heavy atom. The van der Waals surface area contributed by atoms with E-state index < -0.39 is 11.2 Å². The van der Waals surface area contributed by atoms with E-state index in [4.69, 9.17) is 14.8 Å². The van der Waals surface area contributed by atoms with E-state index in [9.17, 15) is 9.35 Å². The molecule has 9 nitrogen and oxygen atoms in total. The number of hydrogen-bond donors (Lipinski definition) is 2. The normalized spacial score (nSPS) is 19.3. The minimum atomic E-state index is -0.688. The van der Waals surface area contributed by atoms with Gasteiger partial charge in [0.25, 0.3) is 5.91 Å². The molecule has 38 heavy (non-hydrogen) atoms. The number of ether oxygens (including phenoxy) is 1. The highest BCUT2D eigenvalue weighted by Crippen LogP contribution is 2.30. The molecule has 6 rings (SSSR count). The maximum absolute atomic E-state index is 12.6. The molecule has 4 aromatic rings. The first kappa shape index (κ1) is 24.7. The first-order chi connectivity index (χ1) is 18.5. The molecule has 4 heterocycles. The van der Waals surface area contributed by atoms with E-state index in [1.807, 2.05) is 43.3 Å². The number of carbonyl (C=O) groups excluding carboxylic acids is 1. The number of aryl methyl sites for hydroxylation is 1. The van der Waals surface area contributed by atoms with Crippen molar-refractivity contribution >= 4 is 28.4 Å². The summed E-state index contributed by atoms with van der Waals surface area (Å²) in [6.07, 6.45) is 9.12. The molecular weight excluding hydrogens is 500 g/mol. The monoisotopic (exact) mass is 530 g/mol. The summed E-state index contributed by atoms with van der Waals surface area (Å²) in [5.41, 5.74) is 4.78. The highest BCUT2D eigenvalue weighted by Gasteiger charge is 2.25. The molecule has 1 amide bonds. The zero-order valence-electron chi connectivity index (χ0n) is 21.2. The number of anilines is 1. The van der Waals surface area contributed by atoms with Gasteiger partial charge in [-0.15, -0.1) is 5.10 Å². The van der Waals surface area contributed by atoms with Crippen LogP contribution in [-0.2, 0) is 11.2 Å². The maximum atomic E-state index is 12.6. The molecular formula is C28H30N6O3S. The predicted molar refractivity (Wildman–Crippen MR) is 147 cm³/mol. The average Bonchev–Trinajstić information content (AvgIpc) is 3.63. The Balaban J connectivity index is 1.32. The fraction of sp³-hybridized carbons (Fsp3) is 0.357. The molecule has 1 aliphatic heterocycles. The summed E-state index contributed by atoms with van der Waals surface area (Å²) < 4.78 is 19.6. The first-order valence-corrected chi connectivity index (χ1v) is 14.5. The molecule has 10 heteroatoms. The molecule has 0 radical (unpaired) electrons. The van der Waals surface area contributed by atoms with Crippen LogP contribution < -0.4 is 15.4 Å².